The first-order valence-corrected chi connectivity index (χ1v) is 8.21. The van der Waals surface area contributed by atoms with Crippen LogP contribution in [-0.2, 0) is 6.61 Å². The van der Waals surface area contributed by atoms with Crippen LogP contribution in [0.3, 0.4) is 0 Å². The van der Waals surface area contributed by atoms with Gasteiger partial charge in [0.05, 0.1) is 12.1 Å². The molecule has 0 spiro atoms. The normalized spacial score (nSPS) is 12.6. The first-order chi connectivity index (χ1) is 11.8. The van der Waals surface area contributed by atoms with E-state index in [-0.39, 0.29) is 23.5 Å². The van der Waals surface area contributed by atoms with E-state index in [0.717, 1.165) is 5.56 Å². The number of rotatable bonds is 7. The largest absolute Gasteiger partial charge is 0.545 e. The number of carbonyl (C=O) groups excluding carboxylic acids is 1. The molecule has 25 heavy (non-hydrogen) atoms. The SMILES string of the molecule is CC(C)(C)NCC(O)c1ccc(OCc2ccccc2)c(C(=O)[O-])c1. The molecule has 0 amide bonds. The van der Waals surface area contributed by atoms with E-state index in [0.29, 0.717) is 12.1 Å². The summed E-state index contributed by atoms with van der Waals surface area (Å²) in [5, 5.41) is 24.9. The summed E-state index contributed by atoms with van der Waals surface area (Å²) in [5.41, 5.74) is 1.23. The highest BCUT2D eigenvalue weighted by Crippen LogP contribution is 2.24. The number of carbonyl (C=O) groups is 1. The van der Waals surface area contributed by atoms with Crippen molar-refractivity contribution < 1.29 is 19.7 Å². The highest BCUT2D eigenvalue weighted by Gasteiger charge is 2.16. The van der Waals surface area contributed by atoms with Crippen molar-refractivity contribution in [1.29, 1.82) is 0 Å². The Balaban J connectivity index is 2.12. The third kappa shape index (κ3) is 5.89. The van der Waals surface area contributed by atoms with Crippen molar-refractivity contribution >= 4 is 5.97 Å². The third-order valence-electron chi connectivity index (χ3n) is 3.67. The Morgan fingerprint density at radius 2 is 1.88 bits per heavy atom. The lowest BCUT2D eigenvalue weighted by Gasteiger charge is -2.23. The molecular weight excluding hydrogens is 318 g/mol. The molecule has 0 saturated carbocycles. The molecule has 5 heteroatoms. The Morgan fingerprint density at radius 1 is 1.20 bits per heavy atom. The molecule has 0 fully saturated rings. The smallest absolute Gasteiger partial charge is 0.128 e. The number of β-amino-alcohol motifs (C(OH)–C–C–N with tert-alkyl or cyclic N) is 1. The molecule has 0 aromatic heterocycles. The van der Waals surface area contributed by atoms with E-state index in [2.05, 4.69) is 5.32 Å². The molecule has 2 aromatic rings. The molecule has 0 aliphatic carbocycles. The zero-order chi connectivity index (χ0) is 18.4. The van der Waals surface area contributed by atoms with Crippen molar-refractivity contribution in [2.24, 2.45) is 0 Å². The van der Waals surface area contributed by atoms with Gasteiger partial charge in [0, 0.05) is 17.6 Å². The summed E-state index contributed by atoms with van der Waals surface area (Å²) in [5.74, 6) is -1.11. The molecule has 2 aromatic carbocycles. The highest BCUT2D eigenvalue weighted by atomic mass is 16.5. The fraction of sp³-hybridized carbons (Fsp3) is 0.350. The Kier molecular flexibility index (Phi) is 6.17. The number of hydrogen-bond donors (Lipinski definition) is 2. The van der Waals surface area contributed by atoms with Crippen molar-refractivity contribution in [3.05, 3.63) is 65.2 Å². The lowest BCUT2D eigenvalue weighted by atomic mass is 10.0. The number of carboxylic acids is 1. The molecule has 0 bridgehead atoms. The van der Waals surface area contributed by atoms with Crippen molar-refractivity contribution in [3.63, 3.8) is 0 Å². The van der Waals surface area contributed by atoms with Crippen LogP contribution in [0.2, 0.25) is 0 Å². The van der Waals surface area contributed by atoms with Crippen LogP contribution in [0.15, 0.2) is 48.5 Å². The van der Waals surface area contributed by atoms with Gasteiger partial charge in [-0.2, -0.15) is 0 Å². The van der Waals surface area contributed by atoms with Gasteiger partial charge in [0.1, 0.15) is 12.4 Å². The van der Waals surface area contributed by atoms with Crippen LogP contribution in [0.25, 0.3) is 0 Å². The number of nitrogens with one attached hydrogen (secondary N) is 1. The second-order valence-electron chi connectivity index (χ2n) is 6.96. The summed E-state index contributed by atoms with van der Waals surface area (Å²) in [6.45, 7) is 6.56. The second-order valence-corrected chi connectivity index (χ2v) is 6.96. The molecule has 2 N–H and O–H groups in total. The minimum atomic E-state index is -1.33. The van der Waals surface area contributed by atoms with Crippen LogP contribution >= 0.6 is 0 Å². The molecule has 1 atom stereocenters. The van der Waals surface area contributed by atoms with Gasteiger partial charge in [0.25, 0.3) is 0 Å². The minimum absolute atomic E-state index is 0.0664. The first-order valence-electron chi connectivity index (χ1n) is 8.21. The maximum absolute atomic E-state index is 11.4. The summed E-state index contributed by atoms with van der Waals surface area (Å²) < 4.78 is 5.62. The number of aliphatic hydroxyl groups excluding tert-OH is 1. The summed E-state index contributed by atoms with van der Waals surface area (Å²) in [4.78, 5) is 11.4. The number of ether oxygens (including phenoxy) is 1. The van der Waals surface area contributed by atoms with Gasteiger partial charge in [-0.15, -0.1) is 0 Å². The maximum atomic E-state index is 11.4. The third-order valence-corrected chi connectivity index (χ3v) is 3.67. The second kappa shape index (κ2) is 8.14. The lowest BCUT2D eigenvalue weighted by molar-refractivity contribution is -0.255. The van der Waals surface area contributed by atoms with E-state index in [1.54, 1.807) is 12.1 Å². The Morgan fingerprint density at radius 3 is 2.48 bits per heavy atom. The predicted octanol–water partition coefficient (Wildman–Crippen LogP) is 2.05. The van der Waals surface area contributed by atoms with E-state index in [1.807, 2.05) is 51.1 Å². The summed E-state index contributed by atoms with van der Waals surface area (Å²) in [6.07, 6.45) is -0.819. The summed E-state index contributed by atoms with van der Waals surface area (Å²) in [6, 6.07) is 14.1. The van der Waals surface area contributed by atoms with Gasteiger partial charge < -0.3 is 25.1 Å². The summed E-state index contributed by atoms with van der Waals surface area (Å²) in [7, 11) is 0. The van der Waals surface area contributed by atoms with Crippen molar-refractivity contribution in [3.8, 4) is 5.75 Å². The van der Waals surface area contributed by atoms with E-state index in [9.17, 15) is 15.0 Å². The van der Waals surface area contributed by atoms with Crippen molar-refractivity contribution in [2.75, 3.05) is 6.54 Å². The van der Waals surface area contributed by atoms with Crippen LogP contribution < -0.4 is 15.2 Å². The topological polar surface area (TPSA) is 81.6 Å². The zero-order valence-corrected chi connectivity index (χ0v) is 14.8. The average Bonchev–Trinajstić information content (AvgIpc) is 2.58. The molecule has 0 radical (unpaired) electrons. The lowest BCUT2D eigenvalue weighted by Crippen LogP contribution is -2.38. The van der Waals surface area contributed by atoms with Gasteiger partial charge in [-0.3, -0.25) is 0 Å². The fourth-order valence-electron chi connectivity index (χ4n) is 2.30. The van der Waals surface area contributed by atoms with Crippen LogP contribution in [0, 0.1) is 0 Å². The Labute approximate surface area is 148 Å². The number of carboxylic acid groups (broad SMARTS) is 1. The number of aliphatic hydroxyl groups is 1. The van der Waals surface area contributed by atoms with Crippen molar-refractivity contribution in [1.82, 2.24) is 5.32 Å². The fourth-order valence-corrected chi connectivity index (χ4v) is 2.30. The van der Waals surface area contributed by atoms with Gasteiger partial charge in [0.15, 0.2) is 0 Å². The average molecular weight is 342 g/mol. The van der Waals surface area contributed by atoms with Crippen LogP contribution in [0.1, 0.15) is 48.4 Å². The monoisotopic (exact) mass is 342 g/mol. The van der Waals surface area contributed by atoms with Crippen LogP contribution in [0.4, 0.5) is 0 Å². The van der Waals surface area contributed by atoms with E-state index >= 15 is 0 Å². The first kappa shape index (κ1) is 19.0. The molecule has 2 rings (SSSR count). The van der Waals surface area contributed by atoms with Gasteiger partial charge in [-0.05, 0) is 44.0 Å². The van der Waals surface area contributed by atoms with Crippen molar-refractivity contribution in [2.45, 2.75) is 39.0 Å². The van der Waals surface area contributed by atoms with Crippen LogP contribution in [-0.4, -0.2) is 23.2 Å². The molecule has 0 aliphatic rings. The molecule has 0 heterocycles. The zero-order valence-electron chi connectivity index (χ0n) is 14.8. The maximum Gasteiger partial charge on any atom is 0.128 e. The van der Waals surface area contributed by atoms with E-state index in [1.165, 1.54) is 6.07 Å². The summed E-state index contributed by atoms with van der Waals surface area (Å²) >= 11 is 0. The van der Waals surface area contributed by atoms with Crippen LogP contribution in [0.5, 0.6) is 5.75 Å². The van der Waals surface area contributed by atoms with Gasteiger partial charge >= 0.3 is 0 Å². The van der Waals surface area contributed by atoms with Gasteiger partial charge in [-0.1, -0.05) is 36.4 Å². The van der Waals surface area contributed by atoms with E-state index < -0.39 is 12.1 Å². The molecule has 1 unspecified atom stereocenters. The molecule has 0 saturated heterocycles. The molecular formula is C20H24NO4-. The number of hydrogen-bond acceptors (Lipinski definition) is 5. The standard InChI is InChI=1S/C20H25NO4/c1-20(2,3)21-12-17(22)15-9-10-18(16(11-15)19(23)24)25-13-14-7-5-4-6-8-14/h4-11,17,21-22H,12-13H2,1-3H3,(H,23,24)/p-1. The quantitative estimate of drug-likeness (QED) is 0.805. The number of benzene rings is 2. The molecule has 134 valence electrons. The molecule has 0 aliphatic heterocycles. The Bertz CT molecular complexity index is 707. The predicted molar refractivity (Wildman–Crippen MR) is 94.3 cm³/mol. The minimum Gasteiger partial charge on any atom is -0.545 e. The van der Waals surface area contributed by atoms with Gasteiger partial charge in [0.2, 0.25) is 0 Å². The highest BCUT2D eigenvalue weighted by molar-refractivity contribution is 5.89. The van der Waals surface area contributed by atoms with E-state index in [4.69, 9.17) is 4.74 Å². The van der Waals surface area contributed by atoms with Gasteiger partial charge in [-0.25, -0.2) is 0 Å². The number of aromatic carboxylic acids is 1. The Hall–Kier alpha value is -2.37. The molecule has 5 nitrogen and oxygen atoms in total.